The first-order valence-electron chi connectivity index (χ1n) is 6.32. The normalized spacial score (nSPS) is 24.6. The first-order chi connectivity index (χ1) is 8.06. The lowest BCUT2D eigenvalue weighted by molar-refractivity contribution is -0.125. The van der Waals surface area contributed by atoms with Crippen LogP contribution in [0.2, 0.25) is 0 Å². The Kier molecular flexibility index (Phi) is 5.88. The molecule has 1 rings (SSSR count). The van der Waals surface area contributed by atoms with E-state index in [9.17, 15) is 4.79 Å². The summed E-state index contributed by atoms with van der Waals surface area (Å²) in [5, 5.41) is 2.87. The van der Waals surface area contributed by atoms with Gasteiger partial charge in [0.2, 0.25) is 5.91 Å². The zero-order chi connectivity index (χ0) is 12.8. The molecule has 0 bridgehead atoms. The van der Waals surface area contributed by atoms with Crippen LogP contribution >= 0.6 is 0 Å². The number of likely N-dealkylation sites (tertiary alicyclic amines) is 1. The number of hydrogen-bond acceptors (Lipinski definition) is 4. The smallest absolute Gasteiger partial charge is 0.237 e. The van der Waals surface area contributed by atoms with Crippen LogP contribution in [-0.2, 0) is 9.53 Å². The van der Waals surface area contributed by atoms with Crippen molar-refractivity contribution >= 4 is 5.91 Å². The fraction of sp³-hybridized carbons (Fsp3) is 0.917. The summed E-state index contributed by atoms with van der Waals surface area (Å²) in [6.45, 7) is 7.01. The molecule has 1 fully saturated rings. The number of methoxy groups -OCH3 is 1. The monoisotopic (exact) mass is 243 g/mol. The quantitative estimate of drug-likeness (QED) is 0.634. The van der Waals surface area contributed by atoms with Crippen LogP contribution < -0.4 is 11.1 Å². The number of hydrogen-bond donors (Lipinski definition) is 2. The van der Waals surface area contributed by atoms with Gasteiger partial charge in [0, 0.05) is 26.2 Å². The lowest BCUT2D eigenvalue weighted by atomic mass is 10.0. The van der Waals surface area contributed by atoms with Gasteiger partial charge >= 0.3 is 0 Å². The SMILES string of the molecule is COCCNC(=O)C(C)N1CCC(C(C)N)C1. The zero-order valence-corrected chi connectivity index (χ0v) is 11.1. The third-order valence-electron chi connectivity index (χ3n) is 3.53. The van der Waals surface area contributed by atoms with E-state index in [2.05, 4.69) is 10.2 Å². The first-order valence-corrected chi connectivity index (χ1v) is 6.32. The van der Waals surface area contributed by atoms with Gasteiger partial charge in [-0.2, -0.15) is 0 Å². The highest BCUT2D eigenvalue weighted by atomic mass is 16.5. The van der Waals surface area contributed by atoms with E-state index in [1.165, 1.54) is 0 Å². The highest BCUT2D eigenvalue weighted by Gasteiger charge is 2.30. The molecule has 1 saturated heterocycles. The maximum absolute atomic E-state index is 11.8. The molecule has 0 aromatic carbocycles. The van der Waals surface area contributed by atoms with Gasteiger partial charge in [-0.25, -0.2) is 0 Å². The number of carbonyl (C=O) groups excluding carboxylic acids is 1. The van der Waals surface area contributed by atoms with Crippen LogP contribution in [0.25, 0.3) is 0 Å². The van der Waals surface area contributed by atoms with E-state index in [0.29, 0.717) is 19.1 Å². The second-order valence-corrected chi connectivity index (χ2v) is 4.86. The number of nitrogens with one attached hydrogen (secondary N) is 1. The Bertz CT molecular complexity index is 246. The van der Waals surface area contributed by atoms with Crippen LogP contribution in [0.1, 0.15) is 20.3 Å². The summed E-state index contributed by atoms with van der Waals surface area (Å²) >= 11 is 0. The largest absolute Gasteiger partial charge is 0.383 e. The van der Waals surface area contributed by atoms with Crippen LogP contribution in [-0.4, -0.2) is 56.2 Å². The van der Waals surface area contributed by atoms with Crippen molar-refractivity contribution in [1.29, 1.82) is 0 Å². The molecule has 0 aromatic rings. The van der Waals surface area contributed by atoms with Gasteiger partial charge in [-0.3, -0.25) is 9.69 Å². The van der Waals surface area contributed by atoms with Crippen LogP contribution in [0.4, 0.5) is 0 Å². The van der Waals surface area contributed by atoms with E-state index in [1.54, 1.807) is 7.11 Å². The van der Waals surface area contributed by atoms with Crippen LogP contribution in [0.5, 0.6) is 0 Å². The van der Waals surface area contributed by atoms with Gasteiger partial charge in [0.25, 0.3) is 0 Å². The van der Waals surface area contributed by atoms with E-state index in [0.717, 1.165) is 19.5 Å². The second kappa shape index (κ2) is 6.93. The lowest BCUT2D eigenvalue weighted by Crippen LogP contribution is -2.45. The average Bonchev–Trinajstić information content (AvgIpc) is 2.77. The highest BCUT2D eigenvalue weighted by molar-refractivity contribution is 5.81. The molecule has 0 radical (unpaired) electrons. The molecule has 5 heteroatoms. The number of nitrogens with two attached hydrogens (primary N) is 1. The molecular formula is C12H25N3O2. The minimum Gasteiger partial charge on any atom is -0.383 e. The van der Waals surface area contributed by atoms with Gasteiger partial charge in [-0.05, 0) is 32.7 Å². The topological polar surface area (TPSA) is 67.6 Å². The Labute approximate surface area is 104 Å². The van der Waals surface area contributed by atoms with Crippen LogP contribution in [0.3, 0.4) is 0 Å². The van der Waals surface area contributed by atoms with Crippen molar-refractivity contribution < 1.29 is 9.53 Å². The van der Waals surface area contributed by atoms with Crippen molar-refractivity contribution in [2.75, 3.05) is 33.4 Å². The molecule has 1 aliphatic heterocycles. The fourth-order valence-electron chi connectivity index (χ4n) is 2.19. The molecule has 1 amide bonds. The zero-order valence-electron chi connectivity index (χ0n) is 11.1. The molecule has 5 nitrogen and oxygen atoms in total. The Morgan fingerprint density at radius 3 is 2.82 bits per heavy atom. The summed E-state index contributed by atoms with van der Waals surface area (Å²) in [7, 11) is 1.63. The van der Waals surface area contributed by atoms with Gasteiger partial charge < -0.3 is 15.8 Å². The molecule has 3 atom stereocenters. The summed E-state index contributed by atoms with van der Waals surface area (Å²) in [5.74, 6) is 0.594. The molecule has 17 heavy (non-hydrogen) atoms. The predicted molar refractivity (Wildman–Crippen MR) is 67.7 cm³/mol. The predicted octanol–water partition coefficient (Wildman–Crippen LogP) is -0.193. The van der Waals surface area contributed by atoms with Crippen molar-refractivity contribution in [1.82, 2.24) is 10.2 Å². The Hall–Kier alpha value is -0.650. The molecule has 0 aliphatic carbocycles. The molecular weight excluding hydrogens is 218 g/mol. The summed E-state index contributed by atoms with van der Waals surface area (Å²) in [4.78, 5) is 14.0. The van der Waals surface area contributed by atoms with Crippen LogP contribution in [0, 0.1) is 5.92 Å². The maximum atomic E-state index is 11.8. The molecule has 100 valence electrons. The molecule has 3 N–H and O–H groups in total. The van der Waals surface area contributed by atoms with Crippen molar-refractivity contribution in [2.24, 2.45) is 11.7 Å². The van der Waals surface area contributed by atoms with Gasteiger partial charge in [0.15, 0.2) is 0 Å². The Balaban J connectivity index is 2.32. The minimum absolute atomic E-state index is 0.0735. The van der Waals surface area contributed by atoms with Crippen LogP contribution in [0.15, 0.2) is 0 Å². The van der Waals surface area contributed by atoms with Gasteiger partial charge in [0.05, 0.1) is 12.6 Å². The lowest BCUT2D eigenvalue weighted by Gasteiger charge is -2.24. The summed E-state index contributed by atoms with van der Waals surface area (Å²) in [5.41, 5.74) is 5.89. The summed E-state index contributed by atoms with van der Waals surface area (Å²) in [6.07, 6.45) is 1.09. The third kappa shape index (κ3) is 4.26. The molecule has 0 spiro atoms. The second-order valence-electron chi connectivity index (χ2n) is 4.86. The number of ether oxygens (including phenoxy) is 1. The first kappa shape index (κ1) is 14.4. The van der Waals surface area contributed by atoms with Gasteiger partial charge in [-0.15, -0.1) is 0 Å². The summed E-state index contributed by atoms with van der Waals surface area (Å²) < 4.78 is 4.90. The summed E-state index contributed by atoms with van der Waals surface area (Å²) in [6, 6.07) is 0.138. The third-order valence-corrected chi connectivity index (χ3v) is 3.53. The Morgan fingerprint density at radius 2 is 2.29 bits per heavy atom. The van der Waals surface area contributed by atoms with Crippen molar-refractivity contribution in [3.8, 4) is 0 Å². The molecule has 3 unspecified atom stereocenters. The van der Waals surface area contributed by atoms with E-state index in [4.69, 9.17) is 10.5 Å². The number of carbonyl (C=O) groups is 1. The van der Waals surface area contributed by atoms with Crippen molar-refractivity contribution in [3.63, 3.8) is 0 Å². The number of amides is 1. The van der Waals surface area contributed by atoms with Crippen molar-refractivity contribution in [2.45, 2.75) is 32.4 Å². The van der Waals surface area contributed by atoms with Crippen molar-refractivity contribution in [3.05, 3.63) is 0 Å². The van der Waals surface area contributed by atoms with E-state index in [-0.39, 0.29) is 18.0 Å². The highest BCUT2D eigenvalue weighted by Crippen LogP contribution is 2.20. The standard InChI is InChI=1S/C12H25N3O2/c1-9(13)11-4-6-15(8-11)10(2)12(16)14-5-7-17-3/h9-11H,4-8,13H2,1-3H3,(H,14,16). The maximum Gasteiger partial charge on any atom is 0.237 e. The number of rotatable bonds is 6. The van der Waals surface area contributed by atoms with Gasteiger partial charge in [-0.1, -0.05) is 0 Å². The molecule has 0 aromatic heterocycles. The fourth-order valence-corrected chi connectivity index (χ4v) is 2.19. The van der Waals surface area contributed by atoms with Gasteiger partial charge in [0.1, 0.15) is 0 Å². The van der Waals surface area contributed by atoms with E-state index in [1.807, 2.05) is 13.8 Å². The minimum atomic E-state index is -0.0735. The van der Waals surface area contributed by atoms with E-state index < -0.39 is 0 Å². The number of nitrogens with zero attached hydrogens (tertiary/aromatic N) is 1. The Morgan fingerprint density at radius 1 is 1.59 bits per heavy atom. The molecule has 1 aliphatic rings. The molecule has 0 saturated carbocycles. The molecule has 1 heterocycles. The van der Waals surface area contributed by atoms with E-state index >= 15 is 0 Å². The average molecular weight is 243 g/mol.